The molecular formula is C10H13P-2. The van der Waals surface area contributed by atoms with E-state index in [9.17, 15) is 0 Å². The maximum atomic E-state index is 4.36. The molecule has 0 N–H and O–H groups in total. The monoisotopic (exact) mass is 164 g/mol. The molecule has 0 saturated carbocycles. The Morgan fingerprint density at radius 1 is 1.18 bits per heavy atom. The molecule has 1 rings (SSSR count). The highest BCUT2D eigenvalue weighted by Crippen LogP contribution is 2.07. The first kappa shape index (κ1) is 8.74. The lowest BCUT2D eigenvalue weighted by Crippen LogP contribution is -2.00. The molecule has 1 aromatic rings. The van der Waals surface area contributed by atoms with Crippen LogP contribution in [0.5, 0.6) is 0 Å². The molecule has 60 valence electrons. The molecule has 0 aliphatic rings. The summed E-state index contributed by atoms with van der Waals surface area (Å²) in [6, 6.07) is 6.46. The molecule has 0 radical (unpaired) electrons. The van der Waals surface area contributed by atoms with Crippen LogP contribution in [0.1, 0.15) is 25.0 Å². The van der Waals surface area contributed by atoms with Crippen LogP contribution in [-0.4, -0.2) is 0 Å². The van der Waals surface area contributed by atoms with Gasteiger partial charge in [-0.25, -0.2) is 0 Å². The van der Waals surface area contributed by atoms with Crippen LogP contribution >= 0.6 is 9.24 Å². The molecule has 0 aliphatic heterocycles. The molecule has 0 spiro atoms. The Kier molecular flexibility index (Phi) is 3.08. The second-order valence-electron chi connectivity index (χ2n) is 2.67. The molecule has 0 amide bonds. The second kappa shape index (κ2) is 3.88. The predicted octanol–water partition coefficient (Wildman–Crippen LogP) is 2.85. The van der Waals surface area contributed by atoms with Crippen molar-refractivity contribution in [2.24, 2.45) is 0 Å². The predicted molar refractivity (Wildman–Crippen MR) is 51.8 cm³/mol. The summed E-state index contributed by atoms with van der Waals surface area (Å²) in [5.74, 6) is 0. The summed E-state index contributed by atoms with van der Waals surface area (Å²) in [7, 11) is 4.36. The lowest BCUT2D eigenvalue weighted by Gasteiger charge is -2.37. The van der Waals surface area contributed by atoms with Crippen molar-refractivity contribution in [1.29, 1.82) is 0 Å². The van der Waals surface area contributed by atoms with Crippen molar-refractivity contribution in [3.8, 4) is 0 Å². The summed E-state index contributed by atoms with van der Waals surface area (Å²) < 4.78 is 0. The number of rotatable bonds is 2. The molecule has 0 saturated heterocycles. The summed E-state index contributed by atoms with van der Waals surface area (Å²) in [6.07, 6.45) is 2.19. The Morgan fingerprint density at radius 3 is 2.45 bits per heavy atom. The van der Waals surface area contributed by atoms with Gasteiger partial charge < -0.3 is 14.5 Å². The molecule has 0 fully saturated rings. The summed E-state index contributed by atoms with van der Waals surface area (Å²) in [4.78, 5) is 0. The van der Waals surface area contributed by atoms with Gasteiger partial charge in [-0.3, -0.25) is 0 Å². The van der Waals surface area contributed by atoms with E-state index in [2.05, 4.69) is 41.3 Å². The maximum absolute atomic E-state index is 4.36. The maximum Gasteiger partial charge on any atom is -0.0307 e. The lowest BCUT2D eigenvalue weighted by molar-refractivity contribution is 1.10. The molecular weight excluding hydrogens is 151 g/mol. The Hall–Kier alpha value is -0.350. The summed E-state index contributed by atoms with van der Waals surface area (Å²) >= 11 is 0. The largest absolute Gasteiger partial charge is 1.45 e. The van der Waals surface area contributed by atoms with Gasteiger partial charge in [-0.2, -0.15) is 0 Å². The average molecular weight is 164 g/mol. The third kappa shape index (κ3) is 2.04. The third-order valence-corrected chi connectivity index (χ3v) is 2.37. The van der Waals surface area contributed by atoms with E-state index in [4.69, 9.17) is 0 Å². The molecule has 0 aromatic heterocycles. The SMILES string of the molecule is CCc1ccc([P-2])c(CC)c1. The number of aryl methyl sites for hydroxylation is 2. The fraction of sp³-hybridized carbons (Fsp3) is 0.400. The van der Waals surface area contributed by atoms with Gasteiger partial charge in [0, 0.05) is 0 Å². The zero-order valence-corrected chi connectivity index (χ0v) is 7.99. The summed E-state index contributed by atoms with van der Waals surface area (Å²) in [5.41, 5.74) is 2.76. The van der Waals surface area contributed by atoms with Gasteiger partial charge in [-0.05, 0) is 18.4 Å². The van der Waals surface area contributed by atoms with Gasteiger partial charge in [0.15, 0.2) is 0 Å². The van der Waals surface area contributed by atoms with Crippen LogP contribution in [-0.2, 0) is 12.8 Å². The van der Waals surface area contributed by atoms with E-state index in [-0.39, 0.29) is 0 Å². The van der Waals surface area contributed by atoms with Gasteiger partial charge in [-0.15, -0.1) is 11.6 Å². The van der Waals surface area contributed by atoms with Crippen LogP contribution in [0.4, 0.5) is 0 Å². The first-order valence-corrected chi connectivity index (χ1v) is 4.53. The van der Waals surface area contributed by atoms with Crippen molar-refractivity contribution in [2.75, 3.05) is 0 Å². The van der Waals surface area contributed by atoms with Gasteiger partial charge in [-0.1, -0.05) is 26.0 Å². The topological polar surface area (TPSA) is 0 Å². The van der Waals surface area contributed by atoms with E-state index < -0.39 is 0 Å². The van der Waals surface area contributed by atoms with E-state index in [0.29, 0.717) is 0 Å². The Balaban J connectivity index is 3.02. The molecule has 1 heteroatoms. The van der Waals surface area contributed by atoms with Crippen LogP contribution in [0.3, 0.4) is 0 Å². The standard InChI is InChI=1S/C10H13P/c1-3-8-5-6-10(11)9(4-2)7-8/h5-7H,3-4H2,1-2H3/q-2. The van der Waals surface area contributed by atoms with Crippen molar-refractivity contribution in [3.63, 3.8) is 0 Å². The third-order valence-electron chi connectivity index (χ3n) is 1.93. The first-order chi connectivity index (χ1) is 5.27. The van der Waals surface area contributed by atoms with Gasteiger partial charge in [0.25, 0.3) is 0 Å². The van der Waals surface area contributed by atoms with Gasteiger partial charge >= 0.3 is 0 Å². The van der Waals surface area contributed by atoms with Crippen LogP contribution in [0.15, 0.2) is 18.2 Å². The van der Waals surface area contributed by atoms with E-state index in [1.807, 2.05) is 0 Å². The molecule has 0 heterocycles. The lowest BCUT2D eigenvalue weighted by atomic mass is 10.1. The molecule has 0 nitrogen and oxygen atoms in total. The highest BCUT2D eigenvalue weighted by atomic mass is 31.0. The number of hydrogen-bond acceptors (Lipinski definition) is 0. The number of benzene rings is 1. The van der Waals surface area contributed by atoms with E-state index in [1.165, 1.54) is 11.1 Å². The zero-order chi connectivity index (χ0) is 8.27. The van der Waals surface area contributed by atoms with Crippen molar-refractivity contribution in [3.05, 3.63) is 29.3 Å². The fourth-order valence-corrected chi connectivity index (χ4v) is 1.44. The molecule has 0 unspecified atom stereocenters. The van der Waals surface area contributed by atoms with Crippen LogP contribution in [0.25, 0.3) is 0 Å². The highest BCUT2D eigenvalue weighted by molar-refractivity contribution is 7.27. The minimum absolute atomic E-state index is 1.08. The van der Waals surface area contributed by atoms with Crippen molar-refractivity contribution >= 4 is 14.5 Å². The highest BCUT2D eigenvalue weighted by Gasteiger charge is 1.87. The molecule has 0 atom stereocenters. The van der Waals surface area contributed by atoms with Crippen LogP contribution in [0.2, 0.25) is 0 Å². The molecule has 0 bridgehead atoms. The molecule has 1 aromatic carbocycles. The Morgan fingerprint density at radius 2 is 1.91 bits per heavy atom. The smallest absolute Gasteiger partial charge is 0.0307 e. The van der Waals surface area contributed by atoms with Crippen LogP contribution in [0, 0.1) is 0 Å². The minimum atomic E-state index is 1.08. The summed E-state index contributed by atoms with van der Waals surface area (Å²) in [6.45, 7) is 4.33. The van der Waals surface area contributed by atoms with Crippen molar-refractivity contribution in [1.82, 2.24) is 0 Å². The number of hydrogen-bond donors (Lipinski definition) is 0. The summed E-state index contributed by atoms with van der Waals surface area (Å²) in [5, 5.41) is 1.12. The first-order valence-electron chi connectivity index (χ1n) is 4.08. The van der Waals surface area contributed by atoms with Gasteiger partial charge in [0.05, 0.1) is 0 Å². The average Bonchev–Trinajstić information content (AvgIpc) is 2.05. The van der Waals surface area contributed by atoms with Crippen LogP contribution < -0.4 is 5.30 Å². The van der Waals surface area contributed by atoms with E-state index in [1.54, 1.807) is 0 Å². The molecule has 11 heavy (non-hydrogen) atoms. The van der Waals surface area contributed by atoms with Crippen molar-refractivity contribution in [2.45, 2.75) is 26.7 Å². The Labute approximate surface area is 71.2 Å². The van der Waals surface area contributed by atoms with E-state index in [0.717, 1.165) is 18.1 Å². The fourth-order valence-electron chi connectivity index (χ4n) is 1.14. The minimum Gasteiger partial charge on any atom is -1.45 e. The zero-order valence-electron chi connectivity index (χ0n) is 7.09. The van der Waals surface area contributed by atoms with Gasteiger partial charge in [0.1, 0.15) is 0 Å². The Bertz CT molecular complexity index is 241. The van der Waals surface area contributed by atoms with Crippen molar-refractivity contribution < 1.29 is 0 Å². The van der Waals surface area contributed by atoms with Gasteiger partial charge in [0.2, 0.25) is 0 Å². The normalized spacial score (nSPS) is 10.1. The second-order valence-corrected chi connectivity index (χ2v) is 3.15. The van der Waals surface area contributed by atoms with E-state index >= 15 is 0 Å². The molecule has 0 aliphatic carbocycles. The quantitative estimate of drug-likeness (QED) is 0.589.